The van der Waals surface area contributed by atoms with Gasteiger partial charge in [-0.3, -0.25) is 0 Å². The van der Waals surface area contributed by atoms with Crippen LogP contribution in [0.5, 0.6) is 0 Å². The normalized spacial score (nSPS) is 10.5. The lowest BCUT2D eigenvalue weighted by Crippen LogP contribution is -2.07. The van der Waals surface area contributed by atoms with Crippen LogP contribution in [0, 0.1) is 5.82 Å². The Bertz CT molecular complexity index is 839. The third-order valence-corrected chi connectivity index (χ3v) is 3.53. The van der Waals surface area contributed by atoms with Gasteiger partial charge in [0.1, 0.15) is 5.82 Å². The molecule has 1 aromatic heterocycles. The van der Waals surface area contributed by atoms with E-state index in [0.717, 1.165) is 0 Å². The van der Waals surface area contributed by atoms with Gasteiger partial charge >= 0.3 is 0 Å². The molecule has 0 bridgehead atoms. The average molecular weight is 364 g/mol. The minimum Gasteiger partial charge on any atom is -0.349 e. The quantitative estimate of drug-likeness (QED) is 0.689. The van der Waals surface area contributed by atoms with Gasteiger partial charge in [-0.25, -0.2) is 4.39 Å². The highest BCUT2D eigenvalue weighted by Gasteiger charge is 2.05. The van der Waals surface area contributed by atoms with Crippen molar-refractivity contribution < 1.29 is 4.39 Å². The second-order valence-electron chi connectivity index (χ2n) is 4.89. The summed E-state index contributed by atoms with van der Waals surface area (Å²) in [6, 6.07) is 11.5. The number of hydrogen-bond acceptors (Lipinski definition) is 5. The van der Waals surface area contributed by atoms with Gasteiger partial charge in [0, 0.05) is 27.8 Å². The van der Waals surface area contributed by atoms with Crippen LogP contribution in [0.15, 0.2) is 48.7 Å². The van der Waals surface area contributed by atoms with Crippen molar-refractivity contribution in [3.05, 3.63) is 70.1 Å². The molecular formula is C16H12Cl2FN5. The monoisotopic (exact) mass is 363 g/mol. The van der Waals surface area contributed by atoms with Gasteiger partial charge in [0.15, 0.2) is 5.82 Å². The Hall–Kier alpha value is -2.44. The highest BCUT2D eigenvalue weighted by Crippen LogP contribution is 2.24. The minimum atomic E-state index is -0.291. The van der Waals surface area contributed by atoms with Crippen molar-refractivity contribution in [2.45, 2.75) is 6.54 Å². The van der Waals surface area contributed by atoms with Crippen LogP contribution >= 0.6 is 23.2 Å². The summed E-state index contributed by atoms with van der Waals surface area (Å²) in [4.78, 5) is 4.27. The van der Waals surface area contributed by atoms with Gasteiger partial charge in [-0.2, -0.15) is 10.1 Å². The van der Waals surface area contributed by atoms with Gasteiger partial charge in [-0.05, 0) is 24.3 Å². The van der Waals surface area contributed by atoms with E-state index in [1.807, 2.05) is 0 Å². The van der Waals surface area contributed by atoms with Crippen LogP contribution in [0.4, 0.5) is 21.8 Å². The Kier molecular flexibility index (Phi) is 5.08. The fraction of sp³-hybridized carbons (Fsp3) is 0.0625. The Labute approximate surface area is 147 Å². The molecule has 24 heavy (non-hydrogen) atoms. The maximum absolute atomic E-state index is 13.6. The molecule has 5 nitrogen and oxygen atoms in total. The Balaban J connectivity index is 1.71. The molecule has 3 aromatic rings. The van der Waals surface area contributed by atoms with Crippen molar-refractivity contribution in [2.24, 2.45) is 0 Å². The second-order valence-corrected chi connectivity index (χ2v) is 5.77. The molecule has 8 heteroatoms. The Morgan fingerprint density at radius 2 is 1.79 bits per heavy atom. The van der Waals surface area contributed by atoms with Gasteiger partial charge in [0.05, 0.1) is 6.20 Å². The topological polar surface area (TPSA) is 62.7 Å². The molecule has 1 heterocycles. The van der Waals surface area contributed by atoms with Gasteiger partial charge < -0.3 is 10.6 Å². The molecule has 122 valence electrons. The standard InChI is InChI=1S/C16H12Cl2FN5/c17-11-5-12(18)7-13(6-11)22-15-9-21-24-16(23-15)20-8-10-3-1-2-4-14(10)19/h1-7,9H,8H2,(H2,20,22,23,24). The van der Waals surface area contributed by atoms with E-state index >= 15 is 0 Å². The van der Waals surface area contributed by atoms with E-state index in [2.05, 4.69) is 25.8 Å². The summed E-state index contributed by atoms with van der Waals surface area (Å²) in [7, 11) is 0. The van der Waals surface area contributed by atoms with E-state index in [1.54, 1.807) is 36.4 Å². The zero-order valence-corrected chi connectivity index (χ0v) is 13.8. The molecular weight excluding hydrogens is 352 g/mol. The highest BCUT2D eigenvalue weighted by molar-refractivity contribution is 6.35. The number of hydrogen-bond donors (Lipinski definition) is 2. The van der Waals surface area contributed by atoms with Crippen molar-refractivity contribution in [1.82, 2.24) is 15.2 Å². The average Bonchev–Trinajstić information content (AvgIpc) is 2.53. The second kappa shape index (κ2) is 7.42. The van der Waals surface area contributed by atoms with Crippen LogP contribution in [-0.2, 0) is 6.54 Å². The summed E-state index contributed by atoms with van der Waals surface area (Å²) in [5.41, 5.74) is 1.19. The van der Waals surface area contributed by atoms with Gasteiger partial charge in [0.2, 0.25) is 5.95 Å². The third-order valence-electron chi connectivity index (χ3n) is 3.09. The summed E-state index contributed by atoms with van der Waals surface area (Å²) < 4.78 is 13.6. The summed E-state index contributed by atoms with van der Waals surface area (Å²) >= 11 is 11.9. The highest BCUT2D eigenvalue weighted by atomic mass is 35.5. The smallest absolute Gasteiger partial charge is 0.244 e. The largest absolute Gasteiger partial charge is 0.349 e. The summed E-state index contributed by atoms with van der Waals surface area (Å²) in [6.45, 7) is 0.251. The zero-order chi connectivity index (χ0) is 16.9. The molecule has 0 unspecified atom stereocenters. The molecule has 2 N–H and O–H groups in total. The molecule has 0 fully saturated rings. The number of benzene rings is 2. The first-order chi connectivity index (χ1) is 11.6. The molecule has 0 atom stereocenters. The van der Waals surface area contributed by atoms with Crippen LogP contribution in [0.1, 0.15) is 5.56 Å². The van der Waals surface area contributed by atoms with Crippen LogP contribution in [0.3, 0.4) is 0 Å². The molecule has 0 saturated carbocycles. The van der Waals surface area contributed by atoms with Crippen molar-refractivity contribution >= 4 is 40.7 Å². The maximum Gasteiger partial charge on any atom is 0.244 e. The summed E-state index contributed by atoms with van der Waals surface area (Å²) in [5.74, 6) is 0.441. The number of rotatable bonds is 5. The fourth-order valence-electron chi connectivity index (χ4n) is 2.03. The van der Waals surface area contributed by atoms with E-state index < -0.39 is 0 Å². The van der Waals surface area contributed by atoms with Crippen molar-refractivity contribution in [3.63, 3.8) is 0 Å². The number of aromatic nitrogens is 3. The lowest BCUT2D eigenvalue weighted by Gasteiger charge is -2.09. The number of anilines is 3. The first-order valence-electron chi connectivity index (χ1n) is 7.00. The van der Waals surface area contributed by atoms with Gasteiger partial charge in [0.25, 0.3) is 0 Å². The molecule has 0 saturated heterocycles. The molecule has 0 aliphatic heterocycles. The number of nitrogens with one attached hydrogen (secondary N) is 2. The molecule has 0 radical (unpaired) electrons. The van der Waals surface area contributed by atoms with Gasteiger partial charge in [-0.1, -0.05) is 41.4 Å². The molecule has 0 aliphatic rings. The molecule has 0 amide bonds. The van der Waals surface area contributed by atoms with Crippen LogP contribution in [0.2, 0.25) is 10.0 Å². The first-order valence-corrected chi connectivity index (χ1v) is 7.76. The van der Waals surface area contributed by atoms with Crippen molar-refractivity contribution in [1.29, 1.82) is 0 Å². The Morgan fingerprint density at radius 1 is 1.04 bits per heavy atom. The van der Waals surface area contributed by atoms with Crippen LogP contribution in [-0.4, -0.2) is 15.2 Å². The van der Waals surface area contributed by atoms with Crippen LogP contribution in [0.25, 0.3) is 0 Å². The fourth-order valence-corrected chi connectivity index (χ4v) is 2.55. The number of nitrogens with zero attached hydrogens (tertiary/aromatic N) is 3. The molecule has 2 aromatic carbocycles. The van der Waals surface area contributed by atoms with E-state index in [1.165, 1.54) is 12.3 Å². The first kappa shape index (κ1) is 16.4. The van der Waals surface area contributed by atoms with Crippen molar-refractivity contribution in [3.8, 4) is 0 Å². The van der Waals surface area contributed by atoms with E-state index in [-0.39, 0.29) is 18.3 Å². The maximum atomic E-state index is 13.6. The predicted octanol–water partition coefficient (Wildman–Crippen LogP) is 4.67. The third kappa shape index (κ3) is 4.31. The summed E-state index contributed by atoms with van der Waals surface area (Å²) in [6.07, 6.45) is 1.46. The predicted molar refractivity (Wildman–Crippen MR) is 93.3 cm³/mol. The van der Waals surface area contributed by atoms with E-state index in [4.69, 9.17) is 23.2 Å². The lowest BCUT2D eigenvalue weighted by atomic mass is 10.2. The zero-order valence-electron chi connectivity index (χ0n) is 12.3. The molecule has 0 spiro atoms. The molecule has 3 rings (SSSR count). The summed E-state index contributed by atoms with van der Waals surface area (Å²) in [5, 5.41) is 14.7. The SMILES string of the molecule is Fc1ccccc1CNc1nncc(Nc2cc(Cl)cc(Cl)c2)n1. The van der Waals surface area contributed by atoms with E-state index in [0.29, 0.717) is 27.1 Å². The van der Waals surface area contributed by atoms with E-state index in [9.17, 15) is 4.39 Å². The molecule has 0 aliphatic carbocycles. The van der Waals surface area contributed by atoms with Gasteiger partial charge in [-0.15, -0.1) is 5.10 Å². The van der Waals surface area contributed by atoms with Crippen LogP contribution < -0.4 is 10.6 Å². The lowest BCUT2D eigenvalue weighted by molar-refractivity contribution is 0.612. The Morgan fingerprint density at radius 3 is 2.54 bits per heavy atom. The number of halogens is 3. The minimum absolute atomic E-state index is 0.251. The van der Waals surface area contributed by atoms with Crippen molar-refractivity contribution in [2.75, 3.05) is 10.6 Å².